The summed E-state index contributed by atoms with van der Waals surface area (Å²) in [5.74, 6) is -0.348. The van der Waals surface area contributed by atoms with Crippen molar-refractivity contribution in [3.63, 3.8) is 0 Å². The Morgan fingerprint density at radius 2 is 1.73 bits per heavy atom. The molecule has 8 heteroatoms. The fraction of sp³-hybridized carbons (Fsp3) is 0.440. The SMILES string of the molecule is CCNC(=O)[C@H](CC)N(Cc1cccc(C)c1)C(=O)CCCN(c1ccccc1)S(C)(=O)=O. The van der Waals surface area contributed by atoms with Crippen LogP contribution in [0.4, 0.5) is 5.69 Å². The maximum Gasteiger partial charge on any atom is 0.242 e. The van der Waals surface area contributed by atoms with Gasteiger partial charge in [0.05, 0.1) is 11.9 Å². The first-order valence-corrected chi connectivity index (χ1v) is 13.2. The Kier molecular flexibility index (Phi) is 9.91. The summed E-state index contributed by atoms with van der Waals surface area (Å²) in [7, 11) is -3.49. The summed E-state index contributed by atoms with van der Waals surface area (Å²) in [6.45, 7) is 6.72. The average Bonchev–Trinajstić information content (AvgIpc) is 2.76. The van der Waals surface area contributed by atoms with Crippen LogP contribution < -0.4 is 9.62 Å². The predicted molar refractivity (Wildman–Crippen MR) is 132 cm³/mol. The van der Waals surface area contributed by atoms with E-state index in [1.165, 1.54) is 4.31 Å². The van der Waals surface area contributed by atoms with Crippen molar-refractivity contribution < 1.29 is 18.0 Å². The second-order valence-corrected chi connectivity index (χ2v) is 10.0. The molecule has 7 nitrogen and oxygen atoms in total. The first-order valence-electron chi connectivity index (χ1n) is 11.3. The Bertz CT molecular complexity index is 1020. The average molecular weight is 474 g/mol. The standard InChI is InChI=1S/C25H35N3O4S/c1-5-23(25(30)26-6-2)27(19-21-13-10-12-20(3)18-21)24(29)16-11-17-28(33(4,31)32)22-14-8-7-9-15-22/h7-10,12-15,18,23H,5-6,11,16-17,19H2,1-4H3,(H,26,30)/t23-/m0/s1. The Labute approximate surface area is 197 Å². The van der Waals surface area contributed by atoms with Crippen molar-refractivity contribution in [1.82, 2.24) is 10.2 Å². The molecule has 1 atom stereocenters. The van der Waals surface area contributed by atoms with Gasteiger partial charge in [0.1, 0.15) is 6.04 Å². The second-order valence-electron chi connectivity index (χ2n) is 8.10. The van der Waals surface area contributed by atoms with Crippen LogP contribution in [0.25, 0.3) is 0 Å². The van der Waals surface area contributed by atoms with Gasteiger partial charge < -0.3 is 10.2 Å². The normalized spacial score (nSPS) is 12.1. The number of hydrogen-bond donors (Lipinski definition) is 1. The zero-order valence-corrected chi connectivity index (χ0v) is 20.8. The number of anilines is 1. The predicted octanol–water partition coefficient (Wildman–Crippen LogP) is 3.48. The van der Waals surface area contributed by atoms with Gasteiger partial charge in [-0.3, -0.25) is 13.9 Å². The van der Waals surface area contributed by atoms with Crippen molar-refractivity contribution in [1.29, 1.82) is 0 Å². The van der Waals surface area contributed by atoms with Gasteiger partial charge in [0.25, 0.3) is 0 Å². The molecule has 2 rings (SSSR count). The number of amides is 2. The maximum absolute atomic E-state index is 13.3. The largest absolute Gasteiger partial charge is 0.355 e. The summed E-state index contributed by atoms with van der Waals surface area (Å²) in [5.41, 5.74) is 2.60. The lowest BCUT2D eigenvalue weighted by Gasteiger charge is -2.31. The number of rotatable bonds is 12. The zero-order chi connectivity index (χ0) is 24.4. The number of benzene rings is 2. The van der Waals surface area contributed by atoms with Crippen LogP contribution >= 0.6 is 0 Å². The minimum Gasteiger partial charge on any atom is -0.355 e. The molecule has 0 unspecified atom stereocenters. The van der Waals surface area contributed by atoms with Gasteiger partial charge in [-0.1, -0.05) is 55.0 Å². The first kappa shape index (κ1) is 26.4. The molecule has 0 saturated carbocycles. The monoisotopic (exact) mass is 473 g/mol. The molecule has 180 valence electrons. The van der Waals surface area contributed by atoms with Crippen LogP contribution in [0.3, 0.4) is 0 Å². The highest BCUT2D eigenvalue weighted by molar-refractivity contribution is 7.92. The van der Waals surface area contributed by atoms with Crippen molar-refractivity contribution in [3.05, 3.63) is 65.7 Å². The molecule has 2 aromatic carbocycles. The summed E-state index contributed by atoms with van der Waals surface area (Å²) in [6.07, 6.45) is 2.13. The number of para-hydroxylation sites is 1. The third kappa shape index (κ3) is 7.89. The van der Waals surface area contributed by atoms with Crippen LogP contribution in [0.15, 0.2) is 54.6 Å². The highest BCUT2D eigenvalue weighted by atomic mass is 32.2. The molecule has 2 amide bonds. The van der Waals surface area contributed by atoms with Gasteiger partial charge in [0.15, 0.2) is 0 Å². The molecular formula is C25H35N3O4S. The van der Waals surface area contributed by atoms with Gasteiger partial charge in [-0.25, -0.2) is 8.42 Å². The van der Waals surface area contributed by atoms with E-state index in [1.807, 2.05) is 51.1 Å². The van der Waals surface area contributed by atoms with Crippen molar-refractivity contribution in [3.8, 4) is 0 Å². The minimum absolute atomic E-state index is 0.139. The van der Waals surface area contributed by atoms with Crippen molar-refractivity contribution >= 4 is 27.5 Å². The molecule has 0 aliphatic carbocycles. The molecule has 0 saturated heterocycles. The molecular weight excluding hydrogens is 438 g/mol. The van der Waals surface area contributed by atoms with E-state index >= 15 is 0 Å². The molecule has 0 fully saturated rings. The number of nitrogens with one attached hydrogen (secondary N) is 1. The highest BCUT2D eigenvalue weighted by Crippen LogP contribution is 2.19. The van der Waals surface area contributed by atoms with Crippen LogP contribution in [0.1, 0.15) is 44.2 Å². The first-order chi connectivity index (χ1) is 15.7. The third-order valence-corrected chi connectivity index (χ3v) is 6.56. The molecule has 33 heavy (non-hydrogen) atoms. The van der Waals surface area contributed by atoms with E-state index in [0.29, 0.717) is 31.6 Å². The number of hydrogen-bond acceptors (Lipinski definition) is 4. The van der Waals surface area contributed by atoms with Gasteiger partial charge in [-0.15, -0.1) is 0 Å². The number of carbonyl (C=O) groups excluding carboxylic acids is 2. The summed E-state index contributed by atoms with van der Waals surface area (Å²) < 4.78 is 25.9. The van der Waals surface area contributed by atoms with E-state index in [0.717, 1.165) is 17.4 Å². The minimum atomic E-state index is -3.49. The van der Waals surface area contributed by atoms with E-state index < -0.39 is 16.1 Å². The number of likely N-dealkylation sites (N-methyl/N-ethyl adjacent to an activating group) is 1. The lowest BCUT2D eigenvalue weighted by Crippen LogP contribution is -2.49. The van der Waals surface area contributed by atoms with E-state index in [4.69, 9.17) is 0 Å². The molecule has 0 aliphatic rings. The van der Waals surface area contributed by atoms with E-state index in [1.54, 1.807) is 29.2 Å². The molecule has 1 N–H and O–H groups in total. The molecule has 0 heterocycles. The smallest absolute Gasteiger partial charge is 0.242 e. The topological polar surface area (TPSA) is 86.8 Å². The van der Waals surface area contributed by atoms with Crippen LogP contribution in [-0.2, 0) is 26.2 Å². The maximum atomic E-state index is 13.3. The quantitative estimate of drug-likeness (QED) is 0.511. The fourth-order valence-electron chi connectivity index (χ4n) is 3.82. The van der Waals surface area contributed by atoms with E-state index in [-0.39, 0.29) is 24.8 Å². The van der Waals surface area contributed by atoms with Gasteiger partial charge >= 0.3 is 0 Å². The molecule has 0 aromatic heterocycles. The van der Waals surface area contributed by atoms with Crippen molar-refractivity contribution in [2.45, 2.75) is 52.6 Å². The fourth-order valence-corrected chi connectivity index (χ4v) is 4.78. The molecule has 0 bridgehead atoms. The Hall–Kier alpha value is -2.87. The number of carbonyl (C=O) groups is 2. The number of nitrogens with zero attached hydrogens (tertiary/aromatic N) is 2. The summed E-state index contributed by atoms with van der Waals surface area (Å²) >= 11 is 0. The Morgan fingerprint density at radius 3 is 2.30 bits per heavy atom. The third-order valence-electron chi connectivity index (χ3n) is 5.37. The second kappa shape index (κ2) is 12.4. The van der Waals surface area contributed by atoms with Gasteiger partial charge in [0, 0.05) is 26.1 Å². The Morgan fingerprint density at radius 1 is 1.03 bits per heavy atom. The lowest BCUT2D eigenvalue weighted by molar-refractivity contribution is -0.141. The van der Waals surface area contributed by atoms with Gasteiger partial charge in [-0.2, -0.15) is 0 Å². The van der Waals surface area contributed by atoms with Crippen LogP contribution in [0, 0.1) is 6.92 Å². The van der Waals surface area contributed by atoms with Crippen LogP contribution in [0.2, 0.25) is 0 Å². The van der Waals surface area contributed by atoms with Crippen LogP contribution in [-0.4, -0.2) is 50.5 Å². The number of sulfonamides is 1. The zero-order valence-electron chi connectivity index (χ0n) is 20.0. The summed E-state index contributed by atoms with van der Waals surface area (Å²) in [4.78, 5) is 27.6. The number of aryl methyl sites for hydroxylation is 1. The van der Waals surface area contributed by atoms with Crippen LogP contribution in [0.5, 0.6) is 0 Å². The van der Waals surface area contributed by atoms with E-state index in [2.05, 4.69) is 5.32 Å². The molecule has 2 aromatic rings. The van der Waals surface area contributed by atoms with Gasteiger partial charge in [-0.05, 0) is 44.4 Å². The van der Waals surface area contributed by atoms with E-state index in [9.17, 15) is 18.0 Å². The van der Waals surface area contributed by atoms with Crippen molar-refractivity contribution in [2.24, 2.45) is 0 Å². The van der Waals surface area contributed by atoms with Crippen molar-refractivity contribution in [2.75, 3.05) is 23.7 Å². The summed E-state index contributed by atoms with van der Waals surface area (Å²) in [5, 5.41) is 2.82. The molecule has 0 radical (unpaired) electrons. The van der Waals surface area contributed by atoms with Gasteiger partial charge in [0.2, 0.25) is 21.8 Å². The molecule has 0 spiro atoms. The lowest BCUT2D eigenvalue weighted by atomic mass is 10.1. The highest BCUT2D eigenvalue weighted by Gasteiger charge is 2.28. The molecule has 0 aliphatic heterocycles. The summed E-state index contributed by atoms with van der Waals surface area (Å²) in [6, 6.07) is 16.1. The Balaban J connectivity index is 2.18.